The molecule has 2 unspecified atom stereocenters. The zero-order valence-electron chi connectivity index (χ0n) is 8.09. The fourth-order valence-corrected chi connectivity index (χ4v) is 1.90. The van der Waals surface area contributed by atoms with Gasteiger partial charge in [0, 0.05) is 5.92 Å². The Morgan fingerprint density at radius 3 is 2.19 bits per heavy atom. The van der Waals surface area contributed by atoms with Crippen molar-refractivity contribution in [2.24, 2.45) is 5.41 Å². The van der Waals surface area contributed by atoms with Crippen LogP contribution >= 0.6 is 0 Å². The fourth-order valence-electron chi connectivity index (χ4n) is 1.90. The largest absolute Gasteiger partial charge is 0.401 e. The lowest BCUT2D eigenvalue weighted by Crippen LogP contribution is -2.27. The van der Waals surface area contributed by atoms with Crippen LogP contribution < -0.4 is 0 Å². The second-order valence-electron chi connectivity index (χ2n) is 3.96. The van der Waals surface area contributed by atoms with Crippen LogP contribution in [0.3, 0.4) is 0 Å². The molecule has 1 aliphatic rings. The van der Waals surface area contributed by atoms with Crippen LogP contribution in [0.1, 0.15) is 17.9 Å². The molecule has 0 saturated heterocycles. The Morgan fingerprint density at radius 2 is 1.81 bits per heavy atom. The number of hydrogen-bond acceptors (Lipinski definition) is 1. The molecule has 1 nitrogen and oxygen atoms in total. The molecule has 1 aromatic rings. The van der Waals surface area contributed by atoms with Crippen LogP contribution in [0.5, 0.6) is 0 Å². The average molecular weight is 232 g/mol. The summed E-state index contributed by atoms with van der Waals surface area (Å²) in [5.41, 5.74) is -1.91. The number of alkyl halides is 3. The molecule has 16 heavy (non-hydrogen) atoms. The molecule has 1 aliphatic carbocycles. The number of rotatable bonds is 2. The van der Waals surface area contributed by atoms with Crippen molar-refractivity contribution in [3.8, 4) is 0 Å². The Labute approximate surface area is 89.1 Å². The van der Waals surface area contributed by atoms with Crippen LogP contribution in [0, 0.1) is 11.2 Å². The summed E-state index contributed by atoms with van der Waals surface area (Å²) in [5.74, 6) is -1.38. The van der Waals surface area contributed by atoms with E-state index in [2.05, 4.69) is 0 Å². The molecule has 0 spiro atoms. The smallest absolute Gasteiger partial charge is 0.302 e. The minimum atomic E-state index is -4.53. The van der Waals surface area contributed by atoms with E-state index in [1.807, 2.05) is 0 Å². The minimum Gasteiger partial charge on any atom is -0.302 e. The van der Waals surface area contributed by atoms with Gasteiger partial charge in [0.1, 0.15) is 17.5 Å². The molecule has 0 N–H and O–H groups in total. The zero-order chi connectivity index (χ0) is 12.0. The van der Waals surface area contributed by atoms with Crippen molar-refractivity contribution < 1.29 is 22.4 Å². The highest BCUT2D eigenvalue weighted by Crippen LogP contribution is 2.65. The Morgan fingerprint density at radius 1 is 1.25 bits per heavy atom. The summed E-state index contributed by atoms with van der Waals surface area (Å²) in [6.45, 7) is 0. The van der Waals surface area contributed by atoms with Crippen molar-refractivity contribution in [3.05, 3.63) is 35.6 Å². The third-order valence-corrected chi connectivity index (χ3v) is 3.01. The van der Waals surface area contributed by atoms with Crippen molar-refractivity contribution in [1.29, 1.82) is 0 Å². The summed E-state index contributed by atoms with van der Waals surface area (Å²) in [7, 11) is 0. The SMILES string of the molecule is O=CC1(C(F)(F)F)CC1c1ccc(F)cc1. The van der Waals surface area contributed by atoms with Gasteiger partial charge in [-0.25, -0.2) is 4.39 Å². The number of hydrogen-bond donors (Lipinski definition) is 0. The van der Waals surface area contributed by atoms with Crippen molar-refractivity contribution in [1.82, 2.24) is 0 Å². The maximum Gasteiger partial charge on any atom is 0.401 e. The average Bonchev–Trinajstić information content (AvgIpc) is 2.94. The topological polar surface area (TPSA) is 17.1 Å². The fraction of sp³-hybridized carbons (Fsp3) is 0.364. The third-order valence-electron chi connectivity index (χ3n) is 3.01. The van der Waals surface area contributed by atoms with Gasteiger partial charge in [-0.3, -0.25) is 0 Å². The van der Waals surface area contributed by atoms with E-state index in [0.29, 0.717) is 5.56 Å². The molecule has 0 radical (unpaired) electrons. The molecule has 5 heteroatoms. The summed E-state index contributed by atoms with van der Waals surface area (Å²) in [5, 5.41) is 0. The van der Waals surface area contributed by atoms with Gasteiger partial charge in [-0.2, -0.15) is 13.2 Å². The van der Waals surface area contributed by atoms with Crippen LogP contribution in [0.25, 0.3) is 0 Å². The predicted octanol–water partition coefficient (Wildman–Crippen LogP) is 3.06. The number of benzene rings is 1. The Kier molecular flexibility index (Phi) is 2.29. The minimum absolute atomic E-state index is 0.0407. The molecule has 0 amide bonds. The van der Waals surface area contributed by atoms with Crippen LogP contribution in [-0.2, 0) is 4.79 Å². The third kappa shape index (κ3) is 1.50. The van der Waals surface area contributed by atoms with Gasteiger partial charge in [-0.05, 0) is 24.1 Å². The highest BCUT2D eigenvalue weighted by Gasteiger charge is 2.71. The van der Waals surface area contributed by atoms with Crippen LogP contribution in [-0.4, -0.2) is 12.5 Å². The Balaban J connectivity index is 2.28. The number of halogens is 4. The monoisotopic (exact) mass is 232 g/mol. The Bertz CT molecular complexity index is 409. The van der Waals surface area contributed by atoms with Gasteiger partial charge >= 0.3 is 6.18 Å². The second-order valence-corrected chi connectivity index (χ2v) is 3.96. The molecule has 1 saturated carbocycles. The van der Waals surface area contributed by atoms with Crippen LogP contribution in [0.2, 0.25) is 0 Å². The first-order chi connectivity index (χ1) is 7.40. The van der Waals surface area contributed by atoms with Gasteiger partial charge in [-0.15, -0.1) is 0 Å². The summed E-state index contributed by atoms with van der Waals surface area (Å²) in [4.78, 5) is 10.6. The van der Waals surface area contributed by atoms with Gasteiger partial charge in [0.05, 0.1) is 0 Å². The molecule has 0 heterocycles. The molecule has 0 aromatic heterocycles. The van der Waals surface area contributed by atoms with Crippen molar-refractivity contribution in [3.63, 3.8) is 0 Å². The lowest BCUT2D eigenvalue weighted by molar-refractivity contribution is -0.185. The molecule has 1 fully saturated rings. The summed E-state index contributed by atoms with van der Waals surface area (Å²) in [6, 6.07) is 4.77. The summed E-state index contributed by atoms with van der Waals surface area (Å²) in [6.07, 6.45) is -4.82. The summed E-state index contributed by atoms with van der Waals surface area (Å²) < 4.78 is 50.4. The normalized spacial score (nSPS) is 28.9. The van der Waals surface area contributed by atoms with E-state index in [1.165, 1.54) is 12.1 Å². The van der Waals surface area contributed by atoms with Gasteiger partial charge in [-0.1, -0.05) is 12.1 Å². The molecule has 86 valence electrons. The first-order valence-corrected chi connectivity index (χ1v) is 4.69. The molecule has 2 rings (SSSR count). The van der Waals surface area contributed by atoms with Crippen molar-refractivity contribution >= 4 is 6.29 Å². The number of aldehydes is 1. The summed E-state index contributed by atoms with van der Waals surface area (Å²) >= 11 is 0. The van der Waals surface area contributed by atoms with Crippen LogP contribution in [0.4, 0.5) is 17.6 Å². The van der Waals surface area contributed by atoms with E-state index in [4.69, 9.17) is 0 Å². The molecular weight excluding hydrogens is 224 g/mol. The van der Waals surface area contributed by atoms with E-state index in [0.717, 1.165) is 12.1 Å². The molecular formula is C11H8F4O. The molecule has 0 bridgehead atoms. The van der Waals surface area contributed by atoms with Crippen LogP contribution in [0.15, 0.2) is 24.3 Å². The van der Waals surface area contributed by atoms with Crippen molar-refractivity contribution in [2.75, 3.05) is 0 Å². The van der Waals surface area contributed by atoms with Gasteiger partial charge in [0.2, 0.25) is 0 Å². The maximum absolute atomic E-state index is 12.6. The first kappa shape index (κ1) is 11.1. The first-order valence-electron chi connectivity index (χ1n) is 4.69. The van der Waals surface area contributed by atoms with Gasteiger partial charge in [0.15, 0.2) is 0 Å². The predicted molar refractivity (Wildman–Crippen MR) is 48.3 cm³/mol. The zero-order valence-corrected chi connectivity index (χ0v) is 8.09. The van der Waals surface area contributed by atoms with Gasteiger partial charge < -0.3 is 4.79 Å². The lowest BCUT2D eigenvalue weighted by Gasteiger charge is -2.14. The van der Waals surface area contributed by atoms with E-state index < -0.39 is 23.3 Å². The standard InChI is InChI=1S/C11H8F4O/c12-8-3-1-7(2-4-8)9-5-10(9,6-16)11(13,14)15/h1-4,6,9H,5H2. The van der Waals surface area contributed by atoms with E-state index >= 15 is 0 Å². The van der Waals surface area contributed by atoms with Crippen molar-refractivity contribution in [2.45, 2.75) is 18.5 Å². The highest BCUT2D eigenvalue weighted by atomic mass is 19.4. The quantitative estimate of drug-likeness (QED) is 0.565. The number of carbonyl (C=O) groups excluding carboxylic acids is 1. The van der Waals surface area contributed by atoms with E-state index in [1.54, 1.807) is 0 Å². The van der Waals surface area contributed by atoms with E-state index in [9.17, 15) is 22.4 Å². The van der Waals surface area contributed by atoms with E-state index in [-0.39, 0.29) is 12.7 Å². The maximum atomic E-state index is 12.6. The Hall–Kier alpha value is -1.39. The highest BCUT2D eigenvalue weighted by molar-refractivity contribution is 5.69. The van der Waals surface area contributed by atoms with Gasteiger partial charge in [0.25, 0.3) is 0 Å². The molecule has 2 atom stereocenters. The molecule has 0 aliphatic heterocycles. The number of carbonyl (C=O) groups is 1. The molecule has 1 aromatic carbocycles. The second kappa shape index (κ2) is 3.30. The lowest BCUT2D eigenvalue weighted by atomic mass is 10.00.